The summed E-state index contributed by atoms with van der Waals surface area (Å²) < 4.78 is 1.88. The molecule has 0 N–H and O–H groups in total. The van der Waals surface area contributed by atoms with E-state index in [4.69, 9.17) is 5.26 Å². The van der Waals surface area contributed by atoms with E-state index in [0.717, 1.165) is 22.4 Å². The number of anilines is 2. The lowest BCUT2D eigenvalue weighted by Gasteiger charge is -2.25. The van der Waals surface area contributed by atoms with Crippen LogP contribution in [0.5, 0.6) is 0 Å². The van der Waals surface area contributed by atoms with Crippen molar-refractivity contribution in [1.29, 1.82) is 5.26 Å². The third-order valence-corrected chi connectivity index (χ3v) is 4.07. The molecule has 0 saturated carbocycles. The molecular weight excluding hydrogens is 310 g/mol. The number of fused-ring (bicyclic) bond motifs is 1. The molecule has 0 fully saturated rings. The lowest BCUT2D eigenvalue weighted by atomic mass is 10.2. The van der Waals surface area contributed by atoms with Crippen molar-refractivity contribution in [3.8, 4) is 6.07 Å². The number of hydrogen-bond donors (Lipinski definition) is 0. The molecule has 3 aromatic carbocycles. The van der Waals surface area contributed by atoms with Gasteiger partial charge >= 0.3 is 0 Å². The smallest absolute Gasteiger partial charge is 0.119 e. The van der Waals surface area contributed by atoms with E-state index in [9.17, 15) is 0 Å². The summed E-state index contributed by atoms with van der Waals surface area (Å²) in [4.78, 5) is 2.14. The van der Waals surface area contributed by atoms with E-state index < -0.39 is 0 Å². The van der Waals surface area contributed by atoms with Gasteiger partial charge in [-0.15, -0.1) is 5.10 Å². The van der Waals surface area contributed by atoms with Crippen LogP contribution in [-0.4, -0.2) is 15.0 Å². The zero-order valence-corrected chi connectivity index (χ0v) is 13.4. The summed E-state index contributed by atoms with van der Waals surface area (Å²) in [5.41, 5.74) is 4.53. The van der Waals surface area contributed by atoms with E-state index >= 15 is 0 Å². The molecule has 1 aromatic heterocycles. The summed E-state index contributed by atoms with van der Waals surface area (Å²) >= 11 is 0. The number of nitrogens with zero attached hydrogens (tertiary/aromatic N) is 5. The molecule has 5 heteroatoms. The lowest BCUT2D eigenvalue weighted by molar-refractivity contribution is 0.614. The molecule has 0 bridgehead atoms. The summed E-state index contributed by atoms with van der Waals surface area (Å²) in [5.74, 6) is 0. The molecule has 0 aliphatic rings. The molecule has 0 radical (unpaired) electrons. The molecule has 0 amide bonds. The average Bonchev–Trinajstić information content (AvgIpc) is 3.10. The van der Waals surface area contributed by atoms with Crippen LogP contribution in [0.25, 0.3) is 11.0 Å². The Morgan fingerprint density at radius 3 is 2.28 bits per heavy atom. The molecule has 5 nitrogen and oxygen atoms in total. The number of hydrogen-bond acceptors (Lipinski definition) is 4. The number of nitriles is 1. The summed E-state index contributed by atoms with van der Waals surface area (Å²) in [6.45, 7) is 0.524. The highest BCUT2D eigenvalue weighted by Gasteiger charge is 2.12. The van der Waals surface area contributed by atoms with Crippen LogP contribution < -0.4 is 4.90 Å². The molecule has 1 heterocycles. The highest BCUT2D eigenvalue weighted by atomic mass is 15.5. The van der Waals surface area contributed by atoms with Gasteiger partial charge in [-0.25, -0.2) is 4.68 Å². The summed E-state index contributed by atoms with van der Waals surface area (Å²) in [7, 11) is 0. The normalized spacial score (nSPS) is 10.5. The minimum absolute atomic E-state index is 0.524. The molecule has 0 atom stereocenters. The topological polar surface area (TPSA) is 57.7 Å². The average molecular weight is 325 g/mol. The molecular formula is C20H15N5. The van der Waals surface area contributed by atoms with Crippen LogP contribution in [-0.2, 0) is 6.67 Å². The Balaban J connectivity index is 1.76. The highest BCUT2D eigenvalue weighted by molar-refractivity contribution is 5.74. The zero-order chi connectivity index (χ0) is 17.1. The number of benzene rings is 3. The van der Waals surface area contributed by atoms with E-state index in [1.165, 1.54) is 0 Å². The second-order valence-corrected chi connectivity index (χ2v) is 5.64. The Bertz CT molecular complexity index is 1030. The Labute approximate surface area is 145 Å². The lowest BCUT2D eigenvalue weighted by Crippen LogP contribution is -2.22. The van der Waals surface area contributed by atoms with E-state index in [1.807, 2.05) is 71.4 Å². The third kappa shape index (κ3) is 2.93. The zero-order valence-electron chi connectivity index (χ0n) is 13.4. The van der Waals surface area contributed by atoms with E-state index in [-0.39, 0.29) is 0 Å². The number of aromatic nitrogens is 3. The van der Waals surface area contributed by atoms with Crippen molar-refractivity contribution >= 4 is 22.4 Å². The Kier molecular flexibility index (Phi) is 3.85. The van der Waals surface area contributed by atoms with Gasteiger partial charge in [0.2, 0.25) is 0 Å². The first-order chi connectivity index (χ1) is 12.3. The Morgan fingerprint density at radius 1 is 0.840 bits per heavy atom. The summed E-state index contributed by atoms with van der Waals surface area (Å²) in [5, 5.41) is 17.5. The van der Waals surface area contributed by atoms with E-state index in [1.54, 1.807) is 0 Å². The minimum atomic E-state index is 0.524. The molecule has 0 aliphatic heterocycles. The number of rotatable bonds is 4. The SMILES string of the molecule is N#Cc1ccc(N(Cn2nnc3ccccc32)c2ccccc2)cc1. The number of para-hydroxylation sites is 2. The molecule has 0 unspecified atom stereocenters. The Hall–Kier alpha value is -3.65. The van der Waals surface area contributed by atoms with Crippen LogP contribution in [0.2, 0.25) is 0 Å². The molecule has 4 rings (SSSR count). The molecule has 25 heavy (non-hydrogen) atoms. The van der Waals surface area contributed by atoms with Gasteiger partial charge in [0.1, 0.15) is 12.2 Å². The first kappa shape index (κ1) is 14.9. The first-order valence-corrected chi connectivity index (χ1v) is 7.96. The molecule has 0 aliphatic carbocycles. The van der Waals surface area contributed by atoms with Crippen molar-refractivity contribution in [3.05, 3.63) is 84.4 Å². The van der Waals surface area contributed by atoms with E-state index in [0.29, 0.717) is 12.2 Å². The van der Waals surface area contributed by atoms with Gasteiger partial charge < -0.3 is 4.90 Å². The molecule has 4 aromatic rings. The van der Waals surface area contributed by atoms with E-state index in [2.05, 4.69) is 33.4 Å². The standard InChI is InChI=1S/C20H15N5/c21-14-16-10-12-18(13-11-16)24(17-6-2-1-3-7-17)15-25-20-9-5-4-8-19(20)22-23-25/h1-13H,15H2. The van der Waals surface area contributed by atoms with Crippen molar-refractivity contribution in [2.24, 2.45) is 0 Å². The van der Waals surface area contributed by atoms with Crippen molar-refractivity contribution in [2.75, 3.05) is 4.90 Å². The second kappa shape index (κ2) is 6.46. The molecule has 120 valence electrons. The monoisotopic (exact) mass is 325 g/mol. The summed E-state index contributed by atoms with van der Waals surface area (Å²) in [6, 6.07) is 27.7. The maximum atomic E-state index is 9.02. The van der Waals surface area contributed by atoms with Crippen molar-refractivity contribution in [3.63, 3.8) is 0 Å². The van der Waals surface area contributed by atoms with Crippen LogP contribution >= 0.6 is 0 Å². The third-order valence-electron chi connectivity index (χ3n) is 4.07. The maximum absolute atomic E-state index is 9.02. The van der Waals surface area contributed by atoms with Crippen LogP contribution in [0.1, 0.15) is 5.56 Å². The van der Waals surface area contributed by atoms with Crippen LogP contribution in [0, 0.1) is 11.3 Å². The highest BCUT2D eigenvalue weighted by Crippen LogP contribution is 2.26. The van der Waals surface area contributed by atoms with Gasteiger partial charge in [-0.05, 0) is 48.5 Å². The van der Waals surface area contributed by atoms with Gasteiger partial charge in [0.25, 0.3) is 0 Å². The quantitative estimate of drug-likeness (QED) is 0.567. The van der Waals surface area contributed by atoms with Crippen LogP contribution in [0.4, 0.5) is 11.4 Å². The fourth-order valence-electron chi connectivity index (χ4n) is 2.79. The molecule has 0 spiro atoms. The largest absolute Gasteiger partial charge is 0.321 e. The van der Waals surface area contributed by atoms with Crippen LogP contribution in [0.15, 0.2) is 78.9 Å². The van der Waals surface area contributed by atoms with Gasteiger partial charge in [-0.1, -0.05) is 35.5 Å². The fourth-order valence-corrected chi connectivity index (χ4v) is 2.79. The van der Waals surface area contributed by atoms with Gasteiger partial charge in [0.05, 0.1) is 17.1 Å². The van der Waals surface area contributed by atoms with Gasteiger partial charge in [-0.3, -0.25) is 0 Å². The maximum Gasteiger partial charge on any atom is 0.119 e. The minimum Gasteiger partial charge on any atom is -0.321 e. The molecule has 0 saturated heterocycles. The van der Waals surface area contributed by atoms with Crippen molar-refractivity contribution < 1.29 is 0 Å². The predicted octanol–water partition coefficient (Wildman–Crippen LogP) is 4.10. The Morgan fingerprint density at radius 2 is 1.52 bits per heavy atom. The summed E-state index contributed by atoms with van der Waals surface area (Å²) in [6.07, 6.45) is 0. The van der Waals surface area contributed by atoms with Crippen molar-refractivity contribution in [2.45, 2.75) is 6.67 Å². The second-order valence-electron chi connectivity index (χ2n) is 5.64. The predicted molar refractivity (Wildman–Crippen MR) is 97.3 cm³/mol. The van der Waals surface area contributed by atoms with Crippen molar-refractivity contribution in [1.82, 2.24) is 15.0 Å². The van der Waals surface area contributed by atoms with Gasteiger partial charge in [0, 0.05) is 11.4 Å². The van der Waals surface area contributed by atoms with Gasteiger partial charge in [-0.2, -0.15) is 5.26 Å². The fraction of sp³-hybridized carbons (Fsp3) is 0.0500. The van der Waals surface area contributed by atoms with Crippen LogP contribution in [0.3, 0.4) is 0 Å². The first-order valence-electron chi connectivity index (χ1n) is 7.96. The van der Waals surface area contributed by atoms with Gasteiger partial charge in [0.15, 0.2) is 0 Å².